The fourth-order valence-corrected chi connectivity index (χ4v) is 3.11. The Bertz CT molecular complexity index is 557. The Morgan fingerprint density at radius 2 is 1.38 bits per heavy atom. The summed E-state index contributed by atoms with van der Waals surface area (Å²) in [5, 5.41) is 16.4. The first-order chi connectivity index (χ1) is 13.5. The maximum absolute atomic E-state index is 12.8. The van der Waals surface area contributed by atoms with E-state index < -0.39 is 48.4 Å². The molecule has 0 aromatic rings. The molecule has 0 spiro atoms. The van der Waals surface area contributed by atoms with Gasteiger partial charge in [-0.05, 0) is 43.1 Å². The lowest BCUT2D eigenvalue weighted by Crippen LogP contribution is -2.56. The molecule has 0 aliphatic carbocycles. The van der Waals surface area contributed by atoms with Crippen LogP contribution in [0.15, 0.2) is 0 Å². The fourth-order valence-electron chi connectivity index (χ4n) is 2.62. The third-order valence-electron chi connectivity index (χ3n) is 4.06. The van der Waals surface area contributed by atoms with Crippen molar-refractivity contribution in [3.63, 3.8) is 0 Å². The number of thioether (sulfide) groups is 1. The van der Waals surface area contributed by atoms with E-state index in [2.05, 4.69) is 16.0 Å². The van der Waals surface area contributed by atoms with Crippen LogP contribution >= 0.6 is 11.8 Å². The predicted molar refractivity (Wildman–Crippen MR) is 114 cm³/mol. The van der Waals surface area contributed by atoms with E-state index in [0.717, 1.165) is 5.75 Å². The highest BCUT2D eigenvalue weighted by molar-refractivity contribution is 7.98. The molecule has 168 valence electrons. The van der Waals surface area contributed by atoms with Crippen LogP contribution in [0, 0.1) is 11.8 Å². The number of nitrogens with two attached hydrogens (primary N) is 1. The minimum atomic E-state index is -1.17. The number of carbonyl (C=O) groups excluding carboxylic acids is 3. The monoisotopic (exact) mass is 432 g/mol. The van der Waals surface area contributed by atoms with Gasteiger partial charge in [-0.3, -0.25) is 19.2 Å². The molecule has 9 nitrogen and oxygen atoms in total. The van der Waals surface area contributed by atoms with Crippen LogP contribution < -0.4 is 21.7 Å². The average molecular weight is 433 g/mol. The van der Waals surface area contributed by atoms with Crippen LogP contribution in [0.25, 0.3) is 0 Å². The van der Waals surface area contributed by atoms with Gasteiger partial charge in [0.1, 0.15) is 18.6 Å². The zero-order chi connectivity index (χ0) is 22.6. The highest BCUT2D eigenvalue weighted by Crippen LogP contribution is 2.09. The number of nitrogens with one attached hydrogen (secondary N) is 3. The Morgan fingerprint density at radius 1 is 0.897 bits per heavy atom. The predicted octanol–water partition coefficient (Wildman–Crippen LogP) is 0.329. The second kappa shape index (κ2) is 14.2. The molecule has 3 unspecified atom stereocenters. The van der Waals surface area contributed by atoms with E-state index in [9.17, 15) is 19.2 Å². The SMILES string of the molecule is CSCCC(N)C(=O)NC(CC(C)C)C(=O)NC(CC(C)C)C(=O)NCC(=O)O. The van der Waals surface area contributed by atoms with E-state index in [0.29, 0.717) is 19.3 Å². The highest BCUT2D eigenvalue weighted by atomic mass is 32.2. The van der Waals surface area contributed by atoms with Gasteiger partial charge in [-0.15, -0.1) is 0 Å². The zero-order valence-corrected chi connectivity index (χ0v) is 18.8. The van der Waals surface area contributed by atoms with Gasteiger partial charge in [0.15, 0.2) is 0 Å². The van der Waals surface area contributed by atoms with Crippen LogP contribution in [-0.2, 0) is 19.2 Å². The number of rotatable bonds is 14. The number of carboxylic acid groups (broad SMARTS) is 1. The number of carbonyl (C=O) groups is 4. The first kappa shape index (κ1) is 27.2. The first-order valence-electron chi connectivity index (χ1n) is 9.82. The molecule has 0 bridgehead atoms. The van der Waals surface area contributed by atoms with Gasteiger partial charge < -0.3 is 26.8 Å². The lowest BCUT2D eigenvalue weighted by molar-refractivity contribution is -0.138. The first-order valence-corrected chi connectivity index (χ1v) is 11.2. The van der Waals surface area contributed by atoms with Gasteiger partial charge in [0.25, 0.3) is 0 Å². The van der Waals surface area contributed by atoms with E-state index in [1.807, 2.05) is 34.0 Å². The van der Waals surface area contributed by atoms with E-state index in [-0.39, 0.29) is 11.8 Å². The van der Waals surface area contributed by atoms with E-state index in [1.165, 1.54) is 0 Å². The van der Waals surface area contributed by atoms with E-state index in [4.69, 9.17) is 10.8 Å². The van der Waals surface area contributed by atoms with Crippen molar-refractivity contribution in [3.05, 3.63) is 0 Å². The summed E-state index contributed by atoms with van der Waals surface area (Å²) in [6.45, 7) is 7.10. The van der Waals surface area contributed by atoms with Crippen LogP contribution in [-0.4, -0.2) is 65.5 Å². The summed E-state index contributed by atoms with van der Waals surface area (Å²) < 4.78 is 0. The second-order valence-electron chi connectivity index (χ2n) is 7.88. The Labute approximate surface area is 177 Å². The van der Waals surface area contributed by atoms with Crippen LogP contribution in [0.3, 0.4) is 0 Å². The number of aliphatic carboxylic acids is 1. The summed E-state index contributed by atoms with van der Waals surface area (Å²) in [6.07, 6.45) is 3.14. The molecule has 0 radical (unpaired) electrons. The number of carboxylic acids is 1. The lowest BCUT2D eigenvalue weighted by atomic mass is 9.99. The Balaban J connectivity index is 5.18. The molecule has 0 saturated heterocycles. The molecule has 0 aliphatic heterocycles. The average Bonchev–Trinajstić information content (AvgIpc) is 2.61. The van der Waals surface area contributed by atoms with Crippen molar-refractivity contribution in [2.24, 2.45) is 17.6 Å². The zero-order valence-electron chi connectivity index (χ0n) is 18.0. The summed E-state index contributed by atoms with van der Waals surface area (Å²) in [4.78, 5) is 48.2. The second-order valence-corrected chi connectivity index (χ2v) is 8.87. The summed E-state index contributed by atoms with van der Waals surface area (Å²) >= 11 is 1.58. The van der Waals surface area contributed by atoms with Gasteiger partial charge in [0.05, 0.1) is 6.04 Å². The van der Waals surface area contributed by atoms with Gasteiger partial charge in [-0.1, -0.05) is 27.7 Å². The molecule has 0 rings (SSSR count). The van der Waals surface area contributed by atoms with Crippen molar-refractivity contribution in [1.82, 2.24) is 16.0 Å². The van der Waals surface area contributed by atoms with Gasteiger partial charge in [0.2, 0.25) is 17.7 Å². The molecular weight excluding hydrogens is 396 g/mol. The minimum Gasteiger partial charge on any atom is -0.480 e. The lowest BCUT2D eigenvalue weighted by Gasteiger charge is -2.25. The molecule has 0 aliphatic rings. The van der Waals surface area contributed by atoms with Crippen molar-refractivity contribution >= 4 is 35.5 Å². The molecule has 0 aromatic heterocycles. The normalized spacial score (nSPS) is 14.2. The standard InChI is InChI=1S/C19H36N4O5S/c1-11(2)8-14(18(27)21-10-16(24)25)23-19(28)15(9-12(3)4)22-17(26)13(20)6-7-29-5/h11-15H,6-10,20H2,1-5H3,(H,21,27)(H,22,26)(H,23,28)(H,24,25). The molecule has 3 amide bonds. The summed E-state index contributed by atoms with van der Waals surface area (Å²) in [6, 6.07) is -2.43. The Kier molecular flexibility index (Phi) is 13.3. The number of amides is 3. The molecule has 0 saturated carbocycles. The van der Waals surface area contributed by atoms with E-state index >= 15 is 0 Å². The van der Waals surface area contributed by atoms with Crippen molar-refractivity contribution in [3.8, 4) is 0 Å². The minimum absolute atomic E-state index is 0.0917. The van der Waals surface area contributed by atoms with Crippen LogP contribution in [0.1, 0.15) is 47.0 Å². The van der Waals surface area contributed by atoms with Gasteiger partial charge in [-0.25, -0.2) is 0 Å². The van der Waals surface area contributed by atoms with Crippen molar-refractivity contribution in [1.29, 1.82) is 0 Å². The molecule has 0 aromatic carbocycles. The van der Waals surface area contributed by atoms with Crippen LogP contribution in [0.4, 0.5) is 0 Å². The Morgan fingerprint density at radius 3 is 1.83 bits per heavy atom. The van der Waals surface area contributed by atoms with Crippen molar-refractivity contribution in [2.45, 2.75) is 65.1 Å². The molecule has 0 heterocycles. The maximum Gasteiger partial charge on any atom is 0.322 e. The van der Waals surface area contributed by atoms with Crippen LogP contribution in [0.5, 0.6) is 0 Å². The number of hydrogen-bond donors (Lipinski definition) is 5. The molecule has 0 fully saturated rings. The smallest absolute Gasteiger partial charge is 0.322 e. The molecular formula is C19H36N4O5S. The molecule has 29 heavy (non-hydrogen) atoms. The van der Waals surface area contributed by atoms with Gasteiger partial charge in [0, 0.05) is 0 Å². The fraction of sp³-hybridized carbons (Fsp3) is 0.789. The number of hydrogen-bond acceptors (Lipinski definition) is 6. The van der Waals surface area contributed by atoms with Crippen molar-refractivity contribution < 1.29 is 24.3 Å². The Hall–Kier alpha value is -1.81. The summed E-state index contributed by atoms with van der Waals surface area (Å²) in [5.41, 5.74) is 5.89. The quantitative estimate of drug-likeness (QED) is 0.265. The third kappa shape index (κ3) is 12.4. The topological polar surface area (TPSA) is 151 Å². The highest BCUT2D eigenvalue weighted by Gasteiger charge is 2.29. The molecule has 10 heteroatoms. The summed E-state index contributed by atoms with van der Waals surface area (Å²) in [7, 11) is 0. The summed E-state index contributed by atoms with van der Waals surface area (Å²) in [5.74, 6) is -1.68. The molecule has 3 atom stereocenters. The largest absolute Gasteiger partial charge is 0.480 e. The van der Waals surface area contributed by atoms with Gasteiger partial charge >= 0.3 is 5.97 Å². The van der Waals surface area contributed by atoms with Crippen LogP contribution in [0.2, 0.25) is 0 Å². The molecule has 6 N–H and O–H groups in total. The van der Waals surface area contributed by atoms with Gasteiger partial charge in [-0.2, -0.15) is 11.8 Å². The third-order valence-corrected chi connectivity index (χ3v) is 4.71. The van der Waals surface area contributed by atoms with E-state index in [1.54, 1.807) is 11.8 Å². The van der Waals surface area contributed by atoms with Crippen molar-refractivity contribution in [2.75, 3.05) is 18.6 Å². The maximum atomic E-state index is 12.8.